The first-order valence-corrected chi connectivity index (χ1v) is 15.0. The molecule has 1 aromatic rings. The summed E-state index contributed by atoms with van der Waals surface area (Å²) in [5, 5.41) is 6.24. The van der Waals surface area contributed by atoms with E-state index in [1.54, 1.807) is 0 Å². The number of carbonyl (C=O) groups is 1. The Bertz CT molecular complexity index is 1110. The minimum Gasteiger partial charge on any atom is -0.466 e. The number of rotatable bonds is 3. The first kappa shape index (κ1) is 25.6. The Hall–Kier alpha value is -1.66. The van der Waals surface area contributed by atoms with Gasteiger partial charge in [-0.2, -0.15) is 0 Å². The molecule has 1 saturated heterocycles. The Labute approximate surface area is 228 Å². The van der Waals surface area contributed by atoms with Gasteiger partial charge in [-0.1, -0.05) is 32.4 Å². The molecule has 4 aliphatic carbocycles. The second kappa shape index (κ2) is 8.67. The monoisotopic (exact) mass is 524 g/mol. The number of hydrogen-bond donors (Lipinski definition) is 1. The Kier molecular flexibility index (Phi) is 6.00. The van der Waals surface area contributed by atoms with E-state index in [4.69, 9.17) is 21.8 Å². The summed E-state index contributed by atoms with van der Waals surface area (Å²) in [4.78, 5) is 19.8. The summed E-state index contributed by atoms with van der Waals surface area (Å²) in [5.41, 5.74) is 2.50. The van der Waals surface area contributed by atoms with E-state index in [1.165, 1.54) is 37.7 Å². The topological polar surface area (TPSA) is 50.8 Å². The lowest BCUT2D eigenvalue weighted by molar-refractivity contribution is -0.195. The Balaban J connectivity index is 1.30. The second-order valence-corrected chi connectivity index (χ2v) is 14.1. The van der Waals surface area contributed by atoms with E-state index in [1.807, 2.05) is 6.92 Å². The molecule has 1 N–H and O–H groups in total. The highest BCUT2D eigenvalue weighted by atomic mass is 32.1. The first-order chi connectivity index (χ1) is 17.6. The summed E-state index contributed by atoms with van der Waals surface area (Å²) < 4.78 is 5.67. The number of nitrogens with one attached hydrogen (secondary N) is 1. The Morgan fingerprint density at radius 2 is 1.95 bits per heavy atom. The number of hydroxylamine groups is 2. The molecule has 1 aliphatic heterocycles. The van der Waals surface area contributed by atoms with Gasteiger partial charge >= 0.3 is 5.97 Å². The number of benzene rings is 1. The van der Waals surface area contributed by atoms with Crippen molar-refractivity contribution in [1.29, 1.82) is 0 Å². The van der Waals surface area contributed by atoms with Gasteiger partial charge in [0.1, 0.15) is 0 Å². The molecule has 5 aliphatic rings. The van der Waals surface area contributed by atoms with Gasteiger partial charge < -0.3 is 10.1 Å². The minimum absolute atomic E-state index is 0.0368. The second-order valence-electron chi connectivity index (χ2n) is 13.7. The number of aryl methyl sites for hydroxylation is 1. The van der Waals surface area contributed by atoms with Crippen molar-refractivity contribution in [1.82, 2.24) is 5.06 Å². The van der Waals surface area contributed by atoms with Crippen molar-refractivity contribution >= 4 is 29.0 Å². The van der Waals surface area contributed by atoms with Crippen molar-refractivity contribution in [2.75, 3.05) is 18.5 Å². The molecule has 0 amide bonds. The van der Waals surface area contributed by atoms with E-state index in [0.29, 0.717) is 35.5 Å². The van der Waals surface area contributed by atoms with E-state index in [2.05, 4.69) is 62.3 Å². The van der Waals surface area contributed by atoms with Gasteiger partial charge in [-0.15, -0.1) is 0 Å². The third-order valence-corrected chi connectivity index (χ3v) is 12.1. The predicted molar refractivity (Wildman–Crippen MR) is 150 cm³/mol. The molecule has 8 atom stereocenters. The summed E-state index contributed by atoms with van der Waals surface area (Å²) in [6.45, 7) is 12.5. The fourth-order valence-electron chi connectivity index (χ4n) is 10.6. The van der Waals surface area contributed by atoms with Crippen LogP contribution in [0.1, 0.15) is 84.6 Å². The van der Waals surface area contributed by atoms with E-state index >= 15 is 0 Å². The highest BCUT2D eigenvalue weighted by molar-refractivity contribution is 7.80. The van der Waals surface area contributed by atoms with Gasteiger partial charge in [-0.25, -0.2) is 5.06 Å². The average molecular weight is 525 g/mol. The number of fused-ring (bicyclic) bond motifs is 5. The van der Waals surface area contributed by atoms with Gasteiger partial charge in [-0.05, 0) is 124 Å². The number of anilines is 1. The number of carbonyl (C=O) groups excluding carboxylic acids is 1. The van der Waals surface area contributed by atoms with E-state index in [9.17, 15) is 4.79 Å². The lowest BCUT2D eigenvalue weighted by Gasteiger charge is -2.64. The van der Waals surface area contributed by atoms with Crippen LogP contribution < -0.4 is 5.32 Å². The summed E-state index contributed by atoms with van der Waals surface area (Å²) in [6, 6.07) is 8.68. The third-order valence-electron chi connectivity index (χ3n) is 11.8. The summed E-state index contributed by atoms with van der Waals surface area (Å²) in [6.07, 6.45) is 9.33. The van der Waals surface area contributed by atoms with Crippen LogP contribution in [0, 0.1) is 46.3 Å². The van der Waals surface area contributed by atoms with Gasteiger partial charge in [0.15, 0.2) is 5.11 Å². The molecular weight excluding hydrogens is 480 g/mol. The van der Waals surface area contributed by atoms with Crippen molar-refractivity contribution in [3.63, 3.8) is 0 Å². The minimum atomic E-state index is -0.360. The molecule has 1 aromatic carbocycles. The zero-order chi connectivity index (χ0) is 26.2. The number of esters is 1. The largest absolute Gasteiger partial charge is 0.466 e. The van der Waals surface area contributed by atoms with Crippen LogP contribution in [-0.4, -0.2) is 35.4 Å². The van der Waals surface area contributed by atoms with Crippen LogP contribution in [0.2, 0.25) is 0 Å². The normalized spacial score (nSPS) is 44.0. The molecule has 37 heavy (non-hydrogen) atoms. The van der Waals surface area contributed by atoms with E-state index < -0.39 is 0 Å². The maximum absolute atomic E-state index is 13.3. The number of hydrogen-bond acceptors (Lipinski definition) is 4. The van der Waals surface area contributed by atoms with Crippen LogP contribution in [0.25, 0.3) is 0 Å². The van der Waals surface area contributed by atoms with Crippen molar-refractivity contribution in [3.05, 3.63) is 29.8 Å². The Morgan fingerprint density at radius 3 is 2.70 bits per heavy atom. The van der Waals surface area contributed by atoms with Gasteiger partial charge in [-0.3, -0.25) is 9.63 Å². The van der Waals surface area contributed by atoms with E-state index in [0.717, 1.165) is 31.6 Å². The maximum atomic E-state index is 13.3. The van der Waals surface area contributed by atoms with E-state index in [-0.39, 0.29) is 27.6 Å². The molecule has 6 rings (SSSR count). The zero-order valence-electron chi connectivity index (χ0n) is 23.3. The SMILES string of the molecule is CCOC(=O)[C@]1(C)CCC[C@@]2(C)[C@@H]3CC[C@@]4(C)C[C@]3(CC[C@@H]21)[C@@H]1CON(C(=S)Nc2cccc(C)c2)[C@@H]14. The predicted octanol–water partition coefficient (Wildman–Crippen LogP) is 6.90. The molecule has 1 heterocycles. The molecule has 4 saturated carbocycles. The maximum Gasteiger partial charge on any atom is 0.312 e. The fraction of sp³-hybridized carbons (Fsp3) is 0.742. The smallest absolute Gasteiger partial charge is 0.312 e. The standard InChI is InChI=1S/C31H44N2O3S/c1-6-35-26(34)30(5)14-8-13-29(4)23(30)12-16-31-19-28(3,15-11-24(29)31)25-22(31)18-36-33(25)27(37)32-21-10-7-9-20(2)17-21/h7,9-10,17,22-25H,6,8,11-16,18-19H2,1-5H3,(H,32,37)/t22-,23+,24+,25+,28+,29-,30-,31-/m1/s1. The molecule has 0 unspecified atom stereocenters. The molecule has 0 radical (unpaired) electrons. The first-order valence-electron chi connectivity index (χ1n) is 14.5. The van der Waals surface area contributed by atoms with Gasteiger partial charge in [0.25, 0.3) is 0 Å². The number of thiocarbonyl (C=S) groups is 1. The van der Waals surface area contributed by atoms with Gasteiger partial charge in [0.05, 0.1) is 24.7 Å². The molecular formula is C31H44N2O3S. The molecule has 1 spiro atoms. The highest BCUT2D eigenvalue weighted by Gasteiger charge is 2.73. The van der Waals surface area contributed by atoms with Crippen LogP contribution in [0.3, 0.4) is 0 Å². The molecule has 2 bridgehead atoms. The Morgan fingerprint density at radius 1 is 1.16 bits per heavy atom. The molecule has 5 nitrogen and oxygen atoms in total. The third kappa shape index (κ3) is 3.57. The number of nitrogens with zero attached hydrogens (tertiary/aromatic N) is 1. The van der Waals surface area contributed by atoms with Crippen LogP contribution >= 0.6 is 12.2 Å². The van der Waals surface area contributed by atoms with Crippen LogP contribution in [0.15, 0.2) is 24.3 Å². The lowest BCUT2D eigenvalue weighted by atomic mass is 9.39. The van der Waals surface area contributed by atoms with Crippen LogP contribution in [0.5, 0.6) is 0 Å². The molecule has 0 aromatic heterocycles. The van der Waals surface area contributed by atoms with Crippen molar-refractivity contribution in [2.45, 2.75) is 92.0 Å². The van der Waals surface area contributed by atoms with Crippen LogP contribution in [-0.2, 0) is 14.4 Å². The van der Waals surface area contributed by atoms with Gasteiger partial charge in [0, 0.05) is 11.6 Å². The van der Waals surface area contributed by atoms with Gasteiger partial charge in [0.2, 0.25) is 0 Å². The molecule has 202 valence electrons. The zero-order valence-corrected chi connectivity index (χ0v) is 24.1. The average Bonchev–Trinajstić information content (AvgIpc) is 3.37. The summed E-state index contributed by atoms with van der Waals surface area (Å²) in [7, 11) is 0. The fourth-order valence-corrected chi connectivity index (χ4v) is 10.8. The van der Waals surface area contributed by atoms with Crippen molar-refractivity contribution < 1.29 is 14.4 Å². The summed E-state index contributed by atoms with van der Waals surface area (Å²) >= 11 is 5.95. The molecule has 6 heteroatoms. The van der Waals surface area contributed by atoms with Crippen LogP contribution in [0.4, 0.5) is 5.69 Å². The molecule has 5 fully saturated rings. The number of ether oxygens (including phenoxy) is 1. The van der Waals surface area contributed by atoms with Crippen molar-refractivity contribution in [3.8, 4) is 0 Å². The van der Waals surface area contributed by atoms with Crippen molar-refractivity contribution in [2.24, 2.45) is 39.4 Å². The summed E-state index contributed by atoms with van der Waals surface area (Å²) in [5.74, 6) is 1.54. The highest BCUT2D eigenvalue weighted by Crippen LogP contribution is 2.76. The lowest BCUT2D eigenvalue weighted by Crippen LogP contribution is -2.60. The quantitative estimate of drug-likeness (QED) is 0.343.